The van der Waals surface area contributed by atoms with Crippen molar-refractivity contribution in [2.75, 3.05) is 17.3 Å². The van der Waals surface area contributed by atoms with Gasteiger partial charge in [-0.2, -0.15) is 5.10 Å². The van der Waals surface area contributed by atoms with Crippen LogP contribution in [0.4, 0.5) is 22.1 Å². The average Bonchev–Trinajstić information content (AvgIpc) is 3.38. The minimum atomic E-state index is -0.715. The van der Waals surface area contributed by atoms with Crippen LogP contribution in [0.3, 0.4) is 0 Å². The summed E-state index contributed by atoms with van der Waals surface area (Å²) in [5.41, 5.74) is 6.39. The molecule has 0 saturated heterocycles. The predicted octanol–water partition coefficient (Wildman–Crippen LogP) is 4.84. The lowest BCUT2D eigenvalue weighted by atomic mass is 9.86. The number of amides is 1. The molecule has 3 aromatic rings. The first-order chi connectivity index (χ1) is 16.8. The summed E-state index contributed by atoms with van der Waals surface area (Å²) >= 11 is 0. The second kappa shape index (κ2) is 8.90. The molecule has 1 aliphatic heterocycles. The molecule has 1 atom stereocenters. The summed E-state index contributed by atoms with van der Waals surface area (Å²) in [7, 11) is 1.40. The molecular formula is C25H32N6O4. The van der Waals surface area contributed by atoms with Crippen LogP contribution in [0.5, 0.6) is 0 Å². The van der Waals surface area contributed by atoms with Crippen molar-refractivity contribution in [2.45, 2.75) is 71.4 Å². The van der Waals surface area contributed by atoms with Crippen LogP contribution in [-0.2, 0) is 16.0 Å². The Kier molecular flexibility index (Phi) is 5.90. The number of nitrogens with zero attached hydrogens (tertiary/aromatic N) is 4. The van der Waals surface area contributed by atoms with Gasteiger partial charge in [-0.15, -0.1) is 0 Å². The number of hydrogen-bond acceptors (Lipinski definition) is 6. The van der Waals surface area contributed by atoms with Gasteiger partial charge in [0.1, 0.15) is 0 Å². The lowest BCUT2D eigenvalue weighted by molar-refractivity contribution is -0.143. The van der Waals surface area contributed by atoms with E-state index in [9.17, 15) is 14.7 Å². The zero-order valence-corrected chi connectivity index (χ0v) is 20.6. The third-order valence-corrected chi connectivity index (χ3v) is 7.60. The summed E-state index contributed by atoms with van der Waals surface area (Å²) in [5.74, 6) is -0.297. The largest absolute Gasteiger partial charge is 0.481 e. The normalized spacial score (nSPS) is 22.2. The highest BCUT2D eigenvalue weighted by molar-refractivity contribution is 5.96. The second-order valence-corrected chi connectivity index (χ2v) is 9.74. The van der Waals surface area contributed by atoms with Gasteiger partial charge < -0.3 is 19.7 Å². The SMILES string of the molecule is COC(=O)N1c2ccc3c(nc(Nc4c(C)n[nH]c4C)n3[C@H]3CC[C@H](C(=O)O)CC3)c2CC[C@@H]1C. The number of ether oxygens (including phenoxy) is 1. The molecule has 1 amide bonds. The van der Waals surface area contributed by atoms with E-state index < -0.39 is 5.97 Å². The first-order valence-corrected chi connectivity index (χ1v) is 12.2. The number of fused-ring (bicyclic) bond motifs is 3. The number of aryl methyl sites for hydroxylation is 3. The standard InChI is InChI=1S/C25H32N6O4/c1-13-5-10-18-19(30(13)25(34)35-4)11-12-20-22(18)27-24(26-21-14(2)28-29-15(21)3)31(20)17-8-6-16(7-9-17)23(32)33/h11-13,16-17H,5-10H2,1-4H3,(H,26,27)(H,28,29)(H,32,33)/t13-,16-,17-/m0/s1. The molecule has 10 nitrogen and oxygen atoms in total. The van der Waals surface area contributed by atoms with Crippen LogP contribution in [-0.4, -0.2) is 50.1 Å². The number of carboxylic acids is 1. The van der Waals surface area contributed by atoms with E-state index >= 15 is 0 Å². The highest BCUT2D eigenvalue weighted by Gasteiger charge is 2.34. The maximum atomic E-state index is 12.6. The van der Waals surface area contributed by atoms with E-state index in [1.807, 2.05) is 32.9 Å². The molecule has 1 saturated carbocycles. The van der Waals surface area contributed by atoms with Gasteiger partial charge in [-0.05, 0) is 71.4 Å². The van der Waals surface area contributed by atoms with Crippen molar-refractivity contribution >= 4 is 40.4 Å². The number of benzene rings is 1. The van der Waals surface area contributed by atoms with Gasteiger partial charge in [0, 0.05) is 17.6 Å². The fraction of sp³-hybridized carbons (Fsp3) is 0.520. The highest BCUT2D eigenvalue weighted by atomic mass is 16.5. The Morgan fingerprint density at radius 1 is 1.17 bits per heavy atom. The van der Waals surface area contributed by atoms with E-state index in [1.165, 1.54) is 7.11 Å². The van der Waals surface area contributed by atoms with Crippen molar-refractivity contribution in [3.63, 3.8) is 0 Å². The van der Waals surface area contributed by atoms with E-state index in [0.29, 0.717) is 18.8 Å². The number of rotatable bonds is 4. The third-order valence-electron chi connectivity index (χ3n) is 7.60. The average molecular weight is 481 g/mol. The Morgan fingerprint density at radius 3 is 2.54 bits per heavy atom. The minimum Gasteiger partial charge on any atom is -0.481 e. The van der Waals surface area contributed by atoms with Crippen molar-refractivity contribution < 1.29 is 19.4 Å². The van der Waals surface area contributed by atoms with E-state index in [4.69, 9.17) is 9.72 Å². The summed E-state index contributed by atoms with van der Waals surface area (Å²) in [4.78, 5) is 30.9. The molecule has 1 aliphatic carbocycles. The number of carbonyl (C=O) groups excluding carboxylic acids is 1. The van der Waals surface area contributed by atoms with Gasteiger partial charge in [0.15, 0.2) is 0 Å². The fourth-order valence-electron chi connectivity index (χ4n) is 5.66. The number of carbonyl (C=O) groups is 2. The van der Waals surface area contributed by atoms with Crippen molar-refractivity contribution in [3.8, 4) is 0 Å². The Labute approximate surface area is 203 Å². The Balaban J connectivity index is 1.63. The van der Waals surface area contributed by atoms with E-state index in [-0.39, 0.29) is 24.1 Å². The van der Waals surface area contributed by atoms with Gasteiger partial charge in [-0.1, -0.05) is 0 Å². The quantitative estimate of drug-likeness (QED) is 0.488. The van der Waals surface area contributed by atoms with Gasteiger partial charge in [0.25, 0.3) is 0 Å². The summed E-state index contributed by atoms with van der Waals surface area (Å²) in [5, 5.41) is 20.3. The molecule has 2 aromatic heterocycles. The molecule has 0 radical (unpaired) electrons. The number of aromatic nitrogens is 4. The molecule has 3 N–H and O–H groups in total. The van der Waals surface area contributed by atoms with Crippen LogP contribution in [0.1, 0.15) is 62.0 Å². The molecule has 0 unspecified atom stereocenters. The van der Waals surface area contributed by atoms with Crippen LogP contribution < -0.4 is 10.2 Å². The molecule has 2 aliphatic rings. The maximum absolute atomic E-state index is 12.6. The molecule has 0 bridgehead atoms. The summed E-state index contributed by atoms with van der Waals surface area (Å²) in [6.07, 6.45) is 4.08. The molecule has 0 spiro atoms. The lowest BCUT2D eigenvalue weighted by Gasteiger charge is -2.34. The highest BCUT2D eigenvalue weighted by Crippen LogP contribution is 2.42. The van der Waals surface area contributed by atoms with Crippen LogP contribution in [0.25, 0.3) is 11.0 Å². The second-order valence-electron chi connectivity index (χ2n) is 9.74. The van der Waals surface area contributed by atoms with E-state index in [0.717, 1.165) is 65.0 Å². The number of carboxylic acid groups (broad SMARTS) is 1. The third kappa shape index (κ3) is 3.90. The zero-order valence-electron chi connectivity index (χ0n) is 20.6. The molecule has 1 fully saturated rings. The monoisotopic (exact) mass is 480 g/mol. The number of hydrogen-bond donors (Lipinski definition) is 3. The molecule has 10 heteroatoms. The molecule has 35 heavy (non-hydrogen) atoms. The lowest BCUT2D eigenvalue weighted by Crippen LogP contribution is -2.42. The minimum absolute atomic E-state index is 0.0367. The molecule has 186 valence electrons. The Hall–Kier alpha value is -3.56. The first-order valence-electron chi connectivity index (χ1n) is 12.2. The predicted molar refractivity (Wildman–Crippen MR) is 132 cm³/mol. The van der Waals surface area contributed by atoms with Gasteiger partial charge in [0.05, 0.1) is 46.8 Å². The van der Waals surface area contributed by atoms with Crippen LogP contribution >= 0.6 is 0 Å². The van der Waals surface area contributed by atoms with Crippen LogP contribution in [0, 0.1) is 19.8 Å². The van der Waals surface area contributed by atoms with Crippen LogP contribution in [0.2, 0.25) is 0 Å². The summed E-state index contributed by atoms with van der Waals surface area (Å²) < 4.78 is 7.29. The van der Waals surface area contributed by atoms with Gasteiger partial charge in [-0.3, -0.25) is 14.8 Å². The number of nitrogens with one attached hydrogen (secondary N) is 2. The first kappa shape index (κ1) is 23.2. The number of imidazole rings is 1. The number of aliphatic carboxylic acids is 1. The van der Waals surface area contributed by atoms with Gasteiger partial charge in [-0.25, -0.2) is 9.78 Å². The van der Waals surface area contributed by atoms with Crippen molar-refractivity contribution in [1.29, 1.82) is 0 Å². The maximum Gasteiger partial charge on any atom is 0.414 e. The molecular weight excluding hydrogens is 448 g/mol. The molecule has 3 heterocycles. The molecule has 1 aromatic carbocycles. The topological polar surface area (TPSA) is 125 Å². The van der Waals surface area contributed by atoms with Crippen LogP contribution in [0.15, 0.2) is 12.1 Å². The van der Waals surface area contributed by atoms with E-state index in [2.05, 4.69) is 20.1 Å². The number of H-pyrrole nitrogens is 1. The fourth-order valence-corrected chi connectivity index (χ4v) is 5.66. The summed E-state index contributed by atoms with van der Waals surface area (Å²) in [6.45, 7) is 5.93. The van der Waals surface area contributed by atoms with Crippen molar-refractivity contribution in [2.24, 2.45) is 5.92 Å². The van der Waals surface area contributed by atoms with E-state index in [1.54, 1.807) is 4.90 Å². The zero-order chi connectivity index (χ0) is 24.9. The number of aromatic amines is 1. The Bertz CT molecular complexity index is 1270. The number of methoxy groups -OCH3 is 1. The van der Waals surface area contributed by atoms with Crippen molar-refractivity contribution in [1.82, 2.24) is 19.7 Å². The van der Waals surface area contributed by atoms with Crippen molar-refractivity contribution in [3.05, 3.63) is 29.1 Å². The Morgan fingerprint density at radius 2 is 1.91 bits per heavy atom. The summed E-state index contributed by atoms with van der Waals surface area (Å²) in [6, 6.07) is 4.18. The van der Waals surface area contributed by atoms with Gasteiger partial charge >= 0.3 is 12.1 Å². The van der Waals surface area contributed by atoms with Gasteiger partial charge in [0.2, 0.25) is 5.95 Å². The number of anilines is 3. The smallest absolute Gasteiger partial charge is 0.414 e. The molecule has 5 rings (SSSR count).